The third kappa shape index (κ3) is 5.83. The molecule has 0 bridgehead atoms. The number of benzene rings is 2. The Morgan fingerprint density at radius 1 is 1.18 bits per heavy atom. The van der Waals surface area contributed by atoms with Crippen molar-refractivity contribution in [2.75, 3.05) is 30.9 Å². The van der Waals surface area contributed by atoms with Gasteiger partial charge in [-0.2, -0.15) is 0 Å². The summed E-state index contributed by atoms with van der Waals surface area (Å²) in [5.74, 6) is -0.0736. The van der Waals surface area contributed by atoms with Crippen LogP contribution in [0.2, 0.25) is 0 Å². The van der Waals surface area contributed by atoms with Gasteiger partial charge in [0.2, 0.25) is 5.91 Å². The number of halogens is 1. The van der Waals surface area contributed by atoms with Gasteiger partial charge in [-0.15, -0.1) is 12.4 Å². The number of hydrogen-bond acceptors (Lipinski definition) is 6. The highest BCUT2D eigenvalue weighted by molar-refractivity contribution is 7.92. The first-order valence-corrected chi connectivity index (χ1v) is 9.58. The molecule has 154 valence electrons. The van der Waals surface area contributed by atoms with Crippen molar-refractivity contribution in [2.45, 2.75) is 17.9 Å². The van der Waals surface area contributed by atoms with Crippen molar-refractivity contribution in [1.82, 2.24) is 0 Å². The Morgan fingerprint density at radius 2 is 1.86 bits per heavy atom. The van der Waals surface area contributed by atoms with E-state index in [-0.39, 0.29) is 23.9 Å². The molecule has 0 aliphatic carbocycles. The van der Waals surface area contributed by atoms with Crippen LogP contribution in [0, 0.1) is 6.92 Å². The third-order valence-corrected chi connectivity index (χ3v) is 5.29. The molecule has 0 saturated carbocycles. The normalized spacial score (nSPS) is 11.9. The number of nitrogens with one attached hydrogen (secondary N) is 2. The van der Waals surface area contributed by atoms with E-state index in [0.29, 0.717) is 22.7 Å². The number of rotatable bonds is 8. The Bertz CT molecular complexity index is 921. The number of sulfonamides is 1. The average Bonchev–Trinajstić information content (AvgIpc) is 2.63. The Morgan fingerprint density at radius 3 is 2.50 bits per heavy atom. The first kappa shape index (κ1) is 23.7. The molecule has 2 rings (SSSR count). The van der Waals surface area contributed by atoms with E-state index in [1.807, 2.05) is 0 Å². The van der Waals surface area contributed by atoms with Gasteiger partial charge in [0, 0.05) is 12.8 Å². The van der Waals surface area contributed by atoms with Crippen LogP contribution in [0.5, 0.6) is 5.75 Å². The van der Waals surface area contributed by atoms with Gasteiger partial charge >= 0.3 is 0 Å². The number of carbonyl (C=O) groups is 1. The SMILES string of the molecule is COCC(N)C(=O)Nc1ccc(C)c(S(=O)(=O)Nc2ccccc2OC)c1.Cl. The number of para-hydroxylation sites is 2. The maximum Gasteiger partial charge on any atom is 0.262 e. The Hall–Kier alpha value is -2.33. The molecular weight excluding hydrogens is 406 g/mol. The number of methoxy groups -OCH3 is 2. The van der Waals surface area contributed by atoms with Crippen molar-refractivity contribution in [1.29, 1.82) is 0 Å². The largest absolute Gasteiger partial charge is 0.495 e. The summed E-state index contributed by atoms with van der Waals surface area (Å²) < 4.78 is 38.2. The molecular formula is C18H24ClN3O5S. The minimum Gasteiger partial charge on any atom is -0.495 e. The molecule has 2 aromatic rings. The number of ether oxygens (including phenoxy) is 2. The summed E-state index contributed by atoms with van der Waals surface area (Å²) in [6.45, 7) is 1.72. The van der Waals surface area contributed by atoms with Crippen LogP contribution in [0.15, 0.2) is 47.4 Å². The number of aryl methyl sites for hydroxylation is 1. The molecule has 0 fully saturated rings. The second kappa shape index (κ2) is 10.3. The Balaban J connectivity index is 0.00000392. The summed E-state index contributed by atoms with van der Waals surface area (Å²) in [6, 6.07) is 10.4. The monoisotopic (exact) mass is 429 g/mol. The molecule has 0 saturated heterocycles. The molecule has 1 unspecified atom stereocenters. The van der Waals surface area contributed by atoms with E-state index in [2.05, 4.69) is 10.0 Å². The molecule has 10 heteroatoms. The molecule has 4 N–H and O–H groups in total. The van der Waals surface area contributed by atoms with Crippen molar-refractivity contribution < 1.29 is 22.7 Å². The first-order chi connectivity index (χ1) is 12.8. The van der Waals surface area contributed by atoms with Crippen LogP contribution < -0.4 is 20.5 Å². The zero-order valence-corrected chi connectivity index (χ0v) is 17.4. The second-order valence-corrected chi connectivity index (χ2v) is 7.49. The van der Waals surface area contributed by atoms with Gasteiger partial charge in [0.25, 0.3) is 10.0 Å². The number of carbonyl (C=O) groups excluding carboxylic acids is 1. The molecule has 28 heavy (non-hydrogen) atoms. The van der Waals surface area contributed by atoms with Gasteiger partial charge in [-0.1, -0.05) is 18.2 Å². The van der Waals surface area contributed by atoms with Gasteiger partial charge in [-0.25, -0.2) is 8.42 Å². The van der Waals surface area contributed by atoms with Gasteiger partial charge in [0.15, 0.2) is 0 Å². The van der Waals surface area contributed by atoms with E-state index in [1.54, 1.807) is 43.3 Å². The van der Waals surface area contributed by atoms with Gasteiger partial charge in [-0.3, -0.25) is 9.52 Å². The van der Waals surface area contributed by atoms with E-state index >= 15 is 0 Å². The van der Waals surface area contributed by atoms with Crippen molar-refractivity contribution in [3.8, 4) is 5.75 Å². The molecule has 0 aromatic heterocycles. The van der Waals surface area contributed by atoms with Gasteiger partial charge in [0.05, 0.1) is 24.3 Å². The lowest BCUT2D eigenvalue weighted by Crippen LogP contribution is -2.39. The summed E-state index contributed by atoms with van der Waals surface area (Å²) in [7, 11) is -1.01. The molecule has 0 aliphatic rings. The van der Waals surface area contributed by atoms with Crippen LogP contribution in [-0.2, 0) is 19.6 Å². The summed E-state index contributed by atoms with van der Waals surface area (Å²) >= 11 is 0. The van der Waals surface area contributed by atoms with Crippen molar-refractivity contribution >= 4 is 39.7 Å². The highest BCUT2D eigenvalue weighted by atomic mass is 35.5. The van der Waals surface area contributed by atoms with E-state index in [4.69, 9.17) is 15.2 Å². The fourth-order valence-corrected chi connectivity index (χ4v) is 3.73. The zero-order chi connectivity index (χ0) is 20.0. The fraction of sp³-hybridized carbons (Fsp3) is 0.278. The molecule has 0 spiro atoms. The minimum absolute atomic E-state index is 0. The predicted molar refractivity (Wildman–Crippen MR) is 111 cm³/mol. The van der Waals surface area contributed by atoms with E-state index in [0.717, 1.165) is 0 Å². The number of hydrogen-bond donors (Lipinski definition) is 3. The van der Waals surface area contributed by atoms with Crippen LogP contribution in [-0.4, -0.2) is 41.2 Å². The predicted octanol–water partition coefficient (Wildman–Crippen LogP) is 2.14. The van der Waals surface area contributed by atoms with Crippen LogP contribution >= 0.6 is 12.4 Å². The van der Waals surface area contributed by atoms with Gasteiger partial charge in [0.1, 0.15) is 11.8 Å². The lowest BCUT2D eigenvalue weighted by atomic mass is 10.2. The fourth-order valence-electron chi connectivity index (χ4n) is 2.39. The molecule has 0 radical (unpaired) electrons. The number of amides is 1. The van der Waals surface area contributed by atoms with Crippen molar-refractivity contribution in [3.05, 3.63) is 48.0 Å². The number of nitrogens with two attached hydrogens (primary N) is 1. The molecule has 8 nitrogen and oxygen atoms in total. The van der Waals surface area contributed by atoms with Crippen molar-refractivity contribution in [3.63, 3.8) is 0 Å². The van der Waals surface area contributed by atoms with Crippen LogP contribution in [0.4, 0.5) is 11.4 Å². The standard InChI is InChI=1S/C18H23N3O5S.ClH/c1-12-8-9-13(20-18(22)14(19)11-25-2)10-17(12)27(23,24)21-15-6-4-5-7-16(15)26-3;/h4-10,14,21H,11,19H2,1-3H3,(H,20,22);1H. The smallest absolute Gasteiger partial charge is 0.262 e. The van der Waals surface area contributed by atoms with Crippen molar-refractivity contribution in [2.24, 2.45) is 5.73 Å². The Labute approximate surface area is 170 Å². The molecule has 2 aromatic carbocycles. The van der Waals surface area contributed by atoms with Crippen LogP contribution in [0.3, 0.4) is 0 Å². The topological polar surface area (TPSA) is 120 Å². The summed E-state index contributed by atoms with van der Waals surface area (Å²) in [5.41, 5.74) is 6.84. The third-order valence-electron chi connectivity index (χ3n) is 3.78. The summed E-state index contributed by atoms with van der Waals surface area (Å²) in [5, 5.41) is 2.59. The van der Waals surface area contributed by atoms with Gasteiger partial charge < -0.3 is 20.5 Å². The minimum atomic E-state index is -3.90. The summed E-state index contributed by atoms with van der Waals surface area (Å²) in [6.07, 6.45) is 0. The lowest BCUT2D eigenvalue weighted by Gasteiger charge is -2.15. The summed E-state index contributed by atoms with van der Waals surface area (Å²) in [4.78, 5) is 12.1. The second-order valence-electron chi connectivity index (χ2n) is 5.84. The van der Waals surface area contributed by atoms with Crippen LogP contribution in [0.25, 0.3) is 0 Å². The zero-order valence-electron chi connectivity index (χ0n) is 15.8. The maximum absolute atomic E-state index is 12.8. The quantitative estimate of drug-likeness (QED) is 0.591. The van der Waals surface area contributed by atoms with E-state index < -0.39 is 22.0 Å². The Kier molecular flexibility index (Phi) is 8.70. The highest BCUT2D eigenvalue weighted by Crippen LogP contribution is 2.28. The average molecular weight is 430 g/mol. The first-order valence-electron chi connectivity index (χ1n) is 8.10. The molecule has 0 heterocycles. The van der Waals surface area contributed by atoms with E-state index in [9.17, 15) is 13.2 Å². The lowest BCUT2D eigenvalue weighted by molar-refractivity contribution is -0.118. The number of anilines is 2. The van der Waals surface area contributed by atoms with E-state index in [1.165, 1.54) is 20.3 Å². The van der Waals surface area contributed by atoms with Gasteiger partial charge in [-0.05, 0) is 36.8 Å². The maximum atomic E-state index is 12.8. The molecule has 1 atom stereocenters. The molecule has 1 amide bonds. The highest BCUT2D eigenvalue weighted by Gasteiger charge is 2.20. The van der Waals surface area contributed by atoms with Crippen LogP contribution in [0.1, 0.15) is 5.56 Å². The molecule has 0 aliphatic heterocycles.